The molecule has 3 N–H and O–H groups in total. The van der Waals surface area contributed by atoms with Gasteiger partial charge in [-0.2, -0.15) is 0 Å². The van der Waals surface area contributed by atoms with Gasteiger partial charge in [-0.05, 0) is 60.3 Å². The Kier molecular flexibility index (Phi) is 8.06. The van der Waals surface area contributed by atoms with E-state index in [0.29, 0.717) is 38.8 Å². The molecule has 0 saturated heterocycles. The maximum atomic E-state index is 12.3. The molecule has 7 nitrogen and oxygen atoms in total. The SMILES string of the molecule is CC(CCNC(=O)OCC1c2ccccc2-c2ccccc21)CCC(=O)NC1CCC(C(=O)O)C1. The molecular weight excluding hydrogens is 444 g/mol. The van der Waals surface area contributed by atoms with E-state index >= 15 is 0 Å². The first-order valence-electron chi connectivity index (χ1n) is 12.5. The molecule has 1 saturated carbocycles. The summed E-state index contributed by atoms with van der Waals surface area (Å²) in [6.45, 7) is 2.84. The first-order valence-corrected chi connectivity index (χ1v) is 12.5. The molecule has 0 heterocycles. The highest BCUT2D eigenvalue weighted by Gasteiger charge is 2.31. The zero-order chi connectivity index (χ0) is 24.8. The van der Waals surface area contributed by atoms with Crippen LogP contribution in [0.1, 0.15) is 62.5 Å². The molecule has 4 rings (SSSR count). The first-order chi connectivity index (χ1) is 16.9. The molecule has 2 aromatic rings. The highest BCUT2D eigenvalue weighted by molar-refractivity contribution is 5.79. The second-order valence-corrected chi connectivity index (χ2v) is 9.80. The Hall–Kier alpha value is -3.35. The van der Waals surface area contributed by atoms with E-state index < -0.39 is 12.1 Å². The summed E-state index contributed by atoms with van der Waals surface area (Å²) in [5.41, 5.74) is 4.77. The number of aliphatic carboxylic acids is 1. The van der Waals surface area contributed by atoms with Gasteiger partial charge < -0.3 is 20.5 Å². The van der Waals surface area contributed by atoms with Crippen LogP contribution >= 0.6 is 0 Å². The average molecular weight is 479 g/mol. The van der Waals surface area contributed by atoms with E-state index in [0.717, 1.165) is 12.8 Å². The maximum absolute atomic E-state index is 12.3. The van der Waals surface area contributed by atoms with Crippen LogP contribution in [0, 0.1) is 11.8 Å². The van der Waals surface area contributed by atoms with Gasteiger partial charge in [0.15, 0.2) is 0 Å². The molecule has 3 unspecified atom stereocenters. The second kappa shape index (κ2) is 11.4. The molecule has 0 bridgehead atoms. The van der Waals surface area contributed by atoms with Gasteiger partial charge in [-0.15, -0.1) is 0 Å². The predicted octanol–water partition coefficient (Wildman–Crippen LogP) is 4.70. The van der Waals surface area contributed by atoms with Crippen molar-refractivity contribution in [1.82, 2.24) is 10.6 Å². The first kappa shape index (κ1) is 24.8. The van der Waals surface area contributed by atoms with E-state index in [-0.39, 0.29) is 29.7 Å². The maximum Gasteiger partial charge on any atom is 0.407 e. The number of benzene rings is 2. The van der Waals surface area contributed by atoms with Crippen LogP contribution in [0.15, 0.2) is 48.5 Å². The number of rotatable bonds is 10. The Morgan fingerprint density at radius 1 is 1.00 bits per heavy atom. The molecule has 0 aromatic heterocycles. The monoisotopic (exact) mass is 478 g/mol. The van der Waals surface area contributed by atoms with E-state index in [1.807, 2.05) is 24.3 Å². The molecule has 2 aromatic carbocycles. The van der Waals surface area contributed by atoms with Gasteiger partial charge in [-0.1, -0.05) is 55.5 Å². The molecule has 0 spiro atoms. The van der Waals surface area contributed by atoms with Gasteiger partial charge in [-0.3, -0.25) is 9.59 Å². The summed E-state index contributed by atoms with van der Waals surface area (Å²) in [4.78, 5) is 35.6. The van der Waals surface area contributed by atoms with Gasteiger partial charge in [0.05, 0.1) is 5.92 Å². The molecule has 0 radical (unpaired) electrons. The normalized spacial score (nSPS) is 19.5. The largest absolute Gasteiger partial charge is 0.481 e. The van der Waals surface area contributed by atoms with Gasteiger partial charge in [0.2, 0.25) is 5.91 Å². The smallest absolute Gasteiger partial charge is 0.407 e. The fraction of sp³-hybridized carbons (Fsp3) is 0.464. The number of amides is 2. The predicted molar refractivity (Wildman–Crippen MR) is 133 cm³/mol. The summed E-state index contributed by atoms with van der Waals surface area (Å²) in [7, 11) is 0. The molecular formula is C28H34N2O5. The number of carbonyl (C=O) groups is 3. The molecule has 3 atom stereocenters. The Morgan fingerprint density at radius 3 is 2.29 bits per heavy atom. The molecule has 7 heteroatoms. The fourth-order valence-corrected chi connectivity index (χ4v) is 5.23. The zero-order valence-electron chi connectivity index (χ0n) is 20.2. The Labute approximate surface area is 206 Å². The number of hydrogen-bond donors (Lipinski definition) is 3. The molecule has 0 aliphatic heterocycles. The molecule has 186 valence electrons. The number of fused-ring (bicyclic) bond motifs is 3. The lowest BCUT2D eigenvalue weighted by atomic mass is 9.98. The molecule has 1 fully saturated rings. The minimum absolute atomic E-state index is 0.0302. The summed E-state index contributed by atoms with van der Waals surface area (Å²) in [6.07, 6.45) is 3.31. The highest BCUT2D eigenvalue weighted by atomic mass is 16.5. The summed E-state index contributed by atoms with van der Waals surface area (Å²) < 4.78 is 5.56. The van der Waals surface area contributed by atoms with Crippen LogP contribution in [0.25, 0.3) is 11.1 Å². The minimum Gasteiger partial charge on any atom is -0.481 e. The summed E-state index contributed by atoms with van der Waals surface area (Å²) in [5.74, 6) is -0.846. The van der Waals surface area contributed by atoms with E-state index in [1.165, 1.54) is 22.3 Å². The number of ether oxygens (including phenoxy) is 1. The third-order valence-corrected chi connectivity index (χ3v) is 7.26. The van der Waals surface area contributed by atoms with Crippen molar-refractivity contribution in [2.24, 2.45) is 11.8 Å². The fourth-order valence-electron chi connectivity index (χ4n) is 5.23. The lowest BCUT2D eigenvalue weighted by Gasteiger charge is -2.16. The van der Waals surface area contributed by atoms with E-state index in [9.17, 15) is 14.4 Å². The zero-order valence-corrected chi connectivity index (χ0v) is 20.2. The second-order valence-electron chi connectivity index (χ2n) is 9.80. The number of carboxylic acids is 1. The van der Waals surface area contributed by atoms with Crippen molar-refractivity contribution in [3.05, 3.63) is 59.7 Å². The molecule has 2 aliphatic carbocycles. The van der Waals surface area contributed by atoms with Crippen molar-refractivity contribution in [1.29, 1.82) is 0 Å². The summed E-state index contributed by atoms with van der Waals surface area (Å²) in [6, 6.07) is 16.5. The van der Waals surface area contributed by atoms with Crippen LogP contribution in [-0.2, 0) is 14.3 Å². The van der Waals surface area contributed by atoms with Crippen molar-refractivity contribution in [3.8, 4) is 11.1 Å². The Balaban J connectivity index is 1.13. The van der Waals surface area contributed by atoms with Crippen molar-refractivity contribution < 1.29 is 24.2 Å². The van der Waals surface area contributed by atoms with Gasteiger partial charge in [-0.25, -0.2) is 4.79 Å². The number of alkyl carbamates (subject to hydrolysis) is 1. The third kappa shape index (κ3) is 6.21. The van der Waals surface area contributed by atoms with E-state index in [4.69, 9.17) is 9.84 Å². The lowest BCUT2D eigenvalue weighted by molar-refractivity contribution is -0.141. The number of carboxylic acid groups (broad SMARTS) is 1. The Bertz CT molecular complexity index is 1020. The highest BCUT2D eigenvalue weighted by Crippen LogP contribution is 2.44. The quantitative estimate of drug-likeness (QED) is 0.459. The van der Waals surface area contributed by atoms with Crippen molar-refractivity contribution in [3.63, 3.8) is 0 Å². The van der Waals surface area contributed by atoms with Crippen molar-refractivity contribution in [2.75, 3.05) is 13.2 Å². The van der Waals surface area contributed by atoms with E-state index in [2.05, 4.69) is 41.8 Å². The van der Waals surface area contributed by atoms with Crippen molar-refractivity contribution in [2.45, 2.75) is 57.4 Å². The van der Waals surface area contributed by atoms with Crippen LogP contribution in [0.2, 0.25) is 0 Å². The van der Waals surface area contributed by atoms with Crippen LogP contribution in [0.5, 0.6) is 0 Å². The van der Waals surface area contributed by atoms with Gasteiger partial charge in [0.25, 0.3) is 0 Å². The average Bonchev–Trinajstić information content (AvgIpc) is 3.44. The number of carbonyl (C=O) groups excluding carboxylic acids is 2. The molecule has 2 amide bonds. The number of nitrogens with one attached hydrogen (secondary N) is 2. The minimum atomic E-state index is -0.778. The molecule has 35 heavy (non-hydrogen) atoms. The third-order valence-electron chi connectivity index (χ3n) is 7.26. The van der Waals surface area contributed by atoms with Crippen LogP contribution in [0.4, 0.5) is 4.79 Å². The van der Waals surface area contributed by atoms with Gasteiger partial charge in [0.1, 0.15) is 6.61 Å². The van der Waals surface area contributed by atoms with Crippen LogP contribution in [-0.4, -0.2) is 42.3 Å². The van der Waals surface area contributed by atoms with Gasteiger partial charge in [0, 0.05) is 24.9 Å². The molecule has 2 aliphatic rings. The Morgan fingerprint density at radius 2 is 1.66 bits per heavy atom. The van der Waals surface area contributed by atoms with Crippen LogP contribution in [0.3, 0.4) is 0 Å². The number of hydrogen-bond acceptors (Lipinski definition) is 4. The van der Waals surface area contributed by atoms with Crippen LogP contribution < -0.4 is 10.6 Å². The topological polar surface area (TPSA) is 105 Å². The van der Waals surface area contributed by atoms with Crippen molar-refractivity contribution >= 4 is 18.0 Å². The lowest BCUT2D eigenvalue weighted by Crippen LogP contribution is -2.33. The van der Waals surface area contributed by atoms with Gasteiger partial charge >= 0.3 is 12.1 Å². The summed E-state index contributed by atoms with van der Waals surface area (Å²) >= 11 is 0. The summed E-state index contributed by atoms with van der Waals surface area (Å²) in [5, 5.41) is 14.9. The standard InChI is InChI=1S/C28H34N2O5/c1-18(10-13-26(31)30-20-12-11-19(16-20)27(32)33)14-15-29-28(34)35-17-25-23-8-4-2-6-21(23)22-7-3-5-9-24(22)25/h2-9,18-20,25H,10-17H2,1H3,(H,29,34)(H,30,31)(H,32,33). The van der Waals surface area contributed by atoms with E-state index in [1.54, 1.807) is 0 Å².